The summed E-state index contributed by atoms with van der Waals surface area (Å²) >= 11 is 0. The molecule has 12 aromatic rings. The molecule has 0 aliphatic heterocycles. The summed E-state index contributed by atoms with van der Waals surface area (Å²) in [6.07, 6.45) is 0. The van der Waals surface area contributed by atoms with Gasteiger partial charge in [0.25, 0.3) is 0 Å². The number of nitrogens with zero attached hydrogens (tertiary/aromatic N) is 3. The van der Waals surface area contributed by atoms with Crippen molar-refractivity contribution in [1.82, 2.24) is 15.0 Å². The average molecular weight is 768 g/mol. The Bertz CT molecular complexity index is 3570. The molecule has 0 radical (unpaired) electrons. The highest BCUT2D eigenvalue weighted by molar-refractivity contribution is 6.19. The predicted molar refractivity (Wildman–Crippen MR) is 245 cm³/mol. The molecular formula is C55H33N3O2. The molecule has 0 fully saturated rings. The van der Waals surface area contributed by atoms with Crippen LogP contribution in [-0.2, 0) is 0 Å². The second-order valence-electron chi connectivity index (χ2n) is 15.2. The molecular weight excluding hydrogens is 735 g/mol. The Morgan fingerprint density at radius 2 is 0.783 bits per heavy atom. The fourth-order valence-corrected chi connectivity index (χ4v) is 8.52. The van der Waals surface area contributed by atoms with Gasteiger partial charge in [-0.2, -0.15) is 0 Å². The summed E-state index contributed by atoms with van der Waals surface area (Å²) < 4.78 is 13.1. The highest BCUT2D eigenvalue weighted by Gasteiger charge is 2.21. The second-order valence-corrected chi connectivity index (χ2v) is 15.2. The van der Waals surface area contributed by atoms with E-state index in [0.29, 0.717) is 17.5 Å². The van der Waals surface area contributed by atoms with Gasteiger partial charge in [0.2, 0.25) is 0 Å². The summed E-state index contributed by atoms with van der Waals surface area (Å²) in [6, 6.07) is 69.3. The molecule has 5 nitrogen and oxygen atoms in total. The standard InChI is InChI=1S/C55H33N3O2/c1-3-11-34(12-4-1)35-23-25-40(26-24-35)54-56-53(39-14-5-2-6-15-39)57-55(58-54)47-31-42(33-50-51(47)46-30-27-38-13-7-8-16-43(38)52(46)60-50)37-21-19-36(20-22-37)41-28-29-45-44-17-9-10-18-48(44)59-49(45)32-41/h1-33H. The third-order valence-electron chi connectivity index (χ3n) is 11.6. The number of rotatable bonds is 6. The third kappa shape index (κ3) is 5.75. The second kappa shape index (κ2) is 13.8. The first-order valence-electron chi connectivity index (χ1n) is 20.1. The molecule has 280 valence electrons. The number of para-hydroxylation sites is 1. The van der Waals surface area contributed by atoms with Crippen molar-refractivity contribution in [3.8, 4) is 67.5 Å². The molecule has 9 aromatic carbocycles. The van der Waals surface area contributed by atoms with Crippen molar-refractivity contribution in [2.45, 2.75) is 0 Å². The minimum absolute atomic E-state index is 0.574. The van der Waals surface area contributed by atoms with E-state index in [1.807, 2.05) is 54.6 Å². The number of fused-ring (bicyclic) bond motifs is 8. The van der Waals surface area contributed by atoms with Crippen molar-refractivity contribution in [1.29, 1.82) is 0 Å². The Labute approximate surface area is 344 Å². The van der Waals surface area contributed by atoms with Gasteiger partial charge in [0, 0.05) is 43.6 Å². The van der Waals surface area contributed by atoms with Crippen LogP contribution in [0.4, 0.5) is 0 Å². The lowest BCUT2D eigenvalue weighted by molar-refractivity contribution is 0.669. The van der Waals surface area contributed by atoms with Gasteiger partial charge in [-0.1, -0.05) is 164 Å². The van der Waals surface area contributed by atoms with Gasteiger partial charge in [-0.05, 0) is 75.2 Å². The van der Waals surface area contributed by atoms with Crippen LogP contribution < -0.4 is 0 Å². The van der Waals surface area contributed by atoms with Gasteiger partial charge in [-0.25, -0.2) is 15.0 Å². The summed E-state index contributed by atoms with van der Waals surface area (Å²) in [6.45, 7) is 0. The van der Waals surface area contributed by atoms with E-state index in [-0.39, 0.29) is 0 Å². The largest absolute Gasteiger partial charge is 0.456 e. The zero-order chi connectivity index (χ0) is 39.6. The SMILES string of the molecule is c1ccc(-c2ccc(-c3nc(-c4ccccc4)nc(-c4cc(-c5ccc(-c6ccc7c(c6)oc6ccccc67)cc5)cc5oc6c7ccccc7ccc6c45)n3)cc2)cc1. The van der Waals surface area contributed by atoms with Crippen molar-refractivity contribution >= 4 is 54.6 Å². The van der Waals surface area contributed by atoms with Crippen LogP contribution in [0.3, 0.4) is 0 Å². The molecule has 0 aliphatic carbocycles. The minimum Gasteiger partial charge on any atom is -0.456 e. The lowest BCUT2D eigenvalue weighted by Crippen LogP contribution is -2.00. The fourth-order valence-electron chi connectivity index (χ4n) is 8.52. The van der Waals surface area contributed by atoms with Crippen LogP contribution in [0.2, 0.25) is 0 Å². The maximum absolute atomic E-state index is 6.85. The van der Waals surface area contributed by atoms with E-state index in [1.165, 1.54) is 0 Å². The van der Waals surface area contributed by atoms with Gasteiger partial charge < -0.3 is 8.83 Å². The molecule has 0 saturated heterocycles. The van der Waals surface area contributed by atoms with E-state index in [2.05, 4.69) is 146 Å². The van der Waals surface area contributed by atoms with Crippen molar-refractivity contribution in [3.05, 3.63) is 200 Å². The molecule has 0 unspecified atom stereocenters. The lowest BCUT2D eigenvalue weighted by atomic mass is 9.95. The van der Waals surface area contributed by atoms with Crippen LogP contribution in [0.5, 0.6) is 0 Å². The predicted octanol–water partition coefficient (Wildman–Crippen LogP) is 14.8. The van der Waals surface area contributed by atoms with Gasteiger partial charge in [-0.3, -0.25) is 0 Å². The first-order chi connectivity index (χ1) is 29.7. The summed E-state index contributed by atoms with van der Waals surface area (Å²) in [5.74, 6) is 1.77. The molecule has 0 bridgehead atoms. The summed E-state index contributed by atoms with van der Waals surface area (Å²) in [5.41, 5.74) is 12.6. The monoisotopic (exact) mass is 767 g/mol. The quantitative estimate of drug-likeness (QED) is 0.169. The normalized spacial score (nSPS) is 11.7. The Balaban J connectivity index is 1.03. The van der Waals surface area contributed by atoms with Crippen LogP contribution in [0.25, 0.3) is 122 Å². The van der Waals surface area contributed by atoms with Crippen molar-refractivity contribution in [2.75, 3.05) is 0 Å². The van der Waals surface area contributed by atoms with Crippen LogP contribution >= 0.6 is 0 Å². The molecule has 0 saturated carbocycles. The fraction of sp³-hybridized carbons (Fsp3) is 0. The van der Waals surface area contributed by atoms with Gasteiger partial charge in [0.1, 0.15) is 22.3 Å². The zero-order valence-electron chi connectivity index (χ0n) is 32.2. The van der Waals surface area contributed by atoms with E-state index in [1.54, 1.807) is 0 Å². The maximum Gasteiger partial charge on any atom is 0.164 e. The molecule has 12 rings (SSSR count). The maximum atomic E-state index is 6.85. The first kappa shape index (κ1) is 33.9. The van der Waals surface area contributed by atoms with Crippen LogP contribution in [0, 0.1) is 0 Å². The van der Waals surface area contributed by atoms with Crippen molar-refractivity contribution < 1.29 is 8.83 Å². The average Bonchev–Trinajstić information content (AvgIpc) is 3.90. The molecule has 5 heteroatoms. The number of furan rings is 2. The highest BCUT2D eigenvalue weighted by atomic mass is 16.3. The summed E-state index contributed by atoms with van der Waals surface area (Å²) in [4.78, 5) is 15.5. The minimum atomic E-state index is 0.574. The molecule has 3 aromatic heterocycles. The van der Waals surface area contributed by atoms with E-state index in [0.717, 1.165) is 105 Å². The Morgan fingerprint density at radius 1 is 0.283 bits per heavy atom. The van der Waals surface area contributed by atoms with Gasteiger partial charge >= 0.3 is 0 Å². The number of aromatic nitrogens is 3. The Kier molecular flexibility index (Phi) is 7.78. The molecule has 60 heavy (non-hydrogen) atoms. The van der Waals surface area contributed by atoms with Crippen molar-refractivity contribution in [3.63, 3.8) is 0 Å². The van der Waals surface area contributed by atoms with Gasteiger partial charge in [0.15, 0.2) is 17.5 Å². The molecule has 0 N–H and O–H groups in total. The molecule has 0 spiro atoms. The zero-order valence-corrected chi connectivity index (χ0v) is 32.2. The molecule has 3 heterocycles. The third-order valence-corrected chi connectivity index (χ3v) is 11.6. The molecule has 0 aliphatic rings. The Morgan fingerprint density at radius 3 is 1.53 bits per heavy atom. The number of hydrogen-bond acceptors (Lipinski definition) is 5. The van der Waals surface area contributed by atoms with Gasteiger partial charge in [0.05, 0.1) is 0 Å². The highest BCUT2D eigenvalue weighted by Crippen LogP contribution is 2.42. The Hall–Kier alpha value is -8.15. The van der Waals surface area contributed by atoms with E-state index >= 15 is 0 Å². The van der Waals surface area contributed by atoms with Crippen LogP contribution in [-0.4, -0.2) is 15.0 Å². The van der Waals surface area contributed by atoms with E-state index < -0.39 is 0 Å². The van der Waals surface area contributed by atoms with E-state index in [4.69, 9.17) is 23.8 Å². The van der Waals surface area contributed by atoms with Crippen LogP contribution in [0.1, 0.15) is 0 Å². The summed E-state index contributed by atoms with van der Waals surface area (Å²) in [5, 5.41) is 6.40. The number of benzene rings is 9. The van der Waals surface area contributed by atoms with Crippen LogP contribution in [0.15, 0.2) is 209 Å². The lowest BCUT2D eigenvalue weighted by Gasteiger charge is -2.12. The smallest absolute Gasteiger partial charge is 0.164 e. The summed E-state index contributed by atoms with van der Waals surface area (Å²) in [7, 11) is 0. The topological polar surface area (TPSA) is 65.0 Å². The van der Waals surface area contributed by atoms with E-state index in [9.17, 15) is 0 Å². The first-order valence-corrected chi connectivity index (χ1v) is 20.1. The molecule has 0 atom stereocenters. The van der Waals surface area contributed by atoms with Crippen molar-refractivity contribution in [2.24, 2.45) is 0 Å². The van der Waals surface area contributed by atoms with Gasteiger partial charge in [-0.15, -0.1) is 0 Å². The molecule has 0 amide bonds. The number of hydrogen-bond donors (Lipinski definition) is 0.